The van der Waals surface area contributed by atoms with Crippen molar-refractivity contribution in [3.8, 4) is 0 Å². The maximum atomic E-state index is 12.1. The second-order valence-electron chi connectivity index (χ2n) is 4.91. The predicted molar refractivity (Wildman–Crippen MR) is 80.8 cm³/mol. The van der Waals surface area contributed by atoms with Gasteiger partial charge in [0.15, 0.2) is 0 Å². The number of nitrogens with zero attached hydrogens (tertiary/aromatic N) is 1. The standard InChI is InChI=1S/C17H16N2O2/c20-17(18-12-13-7-3-1-4-8-13)16-11-15(19-21-16)14-9-5-2-6-10-14/h1-10,16H,11-12H2,(H,18,20). The van der Waals surface area contributed by atoms with Crippen LogP contribution in [-0.4, -0.2) is 17.7 Å². The molecule has 4 heteroatoms. The Morgan fingerprint density at radius 2 is 1.76 bits per heavy atom. The molecule has 2 aromatic rings. The zero-order chi connectivity index (χ0) is 14.5. The largest absolute Gasteiger partial charge is 0.382 e. The van der Waals surface area contributed by atoms with E-state index in [1.165, 1.54) is 0 Å². The van der Waals surface area contributed by atoms with Gasteiger partial charge in [-0.15, -0.1) is 0 Å². The van der Waals surface area contributed by atoms with Gasteiger partial charge in [0.25, 0.3) is 5.91 Å². The SMILES string of the molecule is O=C(NCc1ccccc1)C1CC(c2ccccc2)=NO1. The first-order chi connectivity index (χ1) is 10.3. The Labute approximate surface area is 123 Å². The molecule has 1 aliphatic heterocycles. The van der Waals surface area contributed by atoms with E-state index in [9.17, 15) is 4.79 Å². The van der Waals surface area contributed by atoms with Gasteiger partial charge in [-0.1, -0.05) is 65.8 Å². The quantitative estimate of drug-likeness (QED) is 0.935. The summed E-state index contributed by atoms with van der Waals surface area (Å²) < 4.78 is 0. The van der Waals surface area contributed by atoms with Crippen LogP contribution in [0.5, 0.6) is 0 Å². The first kappa shape index (κ1) is 13.4. The number of carbonyl (C=O) groups excluding carboxylic acids is 1. The van der Waals surface area contributed by atoms with Crippen LogP contribution in [0, 0.1) is 0 Å². The van der Waals surface area contributed by atoms with Crippen LogP contribution in [0.4, 0.5) is 0 Å². The van der Waals surface area contributed by atoms with Crippen LogP contribution >= 0.6 is 0 Å². The fourth-order valence-electron chi connectivity index (χ4n) is 2.22. The Morgan fingerprint density at radius 3 is 2.48 bits per heavy atom. The Bertz CT molecular complexity index is 638. The first-order valence-electron chi connectivity index (χ1n) is 6.92. The molecule has 0 aromatic heterocycles. The summed E-state index contributed by atoms with van der Waals surface area (Å²) in [4.78, 5) is 17.3. The molecule has 0 spiro atoms. The van der Waals surface area contributed by atoms with E-state index in [1.54, 1.807) is 0 Å². The molecule has 1 unspecified atom stereocenters. The van der Waals surface area contributed by atoms with E-state index in [-0.39, 0.29) is 5.91 Å². The monoisotopic (exact) mass is 280 g/mol. The van der Waals surface area contributed by atoms with E-state index in [0.29, 0.717) is 13.0 Å². The minimum Gasteiger partial charge on any atom is -0.382 e. The number of amides is 1. The van der Waals surface area contributed by atoms with Gasteiger partial charge in [0.05, 0.1) is 5.71 Å². The maximum Gasteiger partial charge on any atom is 0.264 e. The fraction of sp³-hybridized carbons (Fsp3) is 0.176. The van der Waals surface area contributed by atoms with Crippen molar-refractivity contribution in [1.82, 2.24) is 5.32 Å². The average molecular weight is 280 g/mol. The molecule has 4 nitrogen and oxygen atoms in total. The smallest absolute Gasteiger partial charge is 0.264 e. The number of carbonyl (C=O) groups is 1. The molecule has 0 radical (unpaired) electrons. The molecule has 21 heavy (non-hydrogen) atoms. The molecule has 1 heterocycles. The van der Waals surface area contributed by atoms with Gasteiger partial charge in [0.1, 0.15) is 0 Å². The van der Waals surface area contributed by atoms with Gasteiger partial charge in [-0.25, -0.2) is 0 Å². The second-order valence-corrected chi connectivity index (χ2v) is 4.91. The molecule has 3 rings (SSSR count). The third kappa shape index (κ3) is 3.28. The highest BCUT2D eigenvalue weighted by atomic mass is 16.6. The number of hydrogen-bond acceptors (Lipinski definition) is 3. The highest BCUT2D eigenvalue weighted by Crippen LogP contribution is 2.16. The maximum absolute atomic E-state index is 12.1. The lowest BCUT2D eigenvalue weighted by atomic mass is 10.0. The van der Waals surface area contributed by atoms with Crippen molar-refractivity contribution >= 4 is 11.6 Å². The second kappa shape index (κ2) is 6.22. The number of nitrogens with one attached hydrogen (secondary N) is 1. The normalized spacial score (nSPS) is 17.0. The van der Waals surface area contributed by atoms with Gasteiger partial charge < -0.3 is 10.2 Å². The van der Waals surface area contributed by atoms with Crippen molar-refractivity contribution in [1.29, 1.82) is 0 Å². The van der Waals surface area contributed by atoms with E-state index < -0.39 is 6.10 Å². The molecule has 0 saturated carbocycles. The number of oxime groups is 1. The van der Waals surface area contributed by atoms with Crippen molar-refractivity contribution in [3.05, 3.63) is 71.8 Å². The van der Waals surface area contributed by atoms with Crippen LogP contribution < -0.4 is 5.32 Å². The number of hydrogen-bond donors (Lipinski definition) is 1. The van der Waals surface area contributed by atoms with Crippen molar-refractivity contribution in [3.63, 3.8) is 0 Å². The van der Waals surface area contributed by atoms with E-state index >= 15 is 0 Å². The van der Waals surface area contributed by atoms with E-state index in [1.807, 2.05) is 60.7 Å². The van der Waals surface area contributed by atoms with Crippen LogP contribution in [0.25, 0.3) is 0 Å². The van der Waals surface area contributed by atoms with Crippen molar-refractivity contribution in [2.45, 2.75) is 19.1 Å². The van der Waals surface area contributed by atoms with Gasteiger partial charge >= 0.3 is 0 Å². The van der Waals surface area contributed by atoms with Gasteiger partial charge in [-0.3, -0.25) is 4.79 Å². The molecular weight excluding hydrogens is 264 g/mol. The predicted octanol–water partition coefficient (Wildman–Crippen LogP) is 2.50. The molecule has 0 bridgehead atoms. The molecular formula is C17H16N2O2. The van der Waals surface area contributed by atoms with Gasteiger partial charge in [0.2, 0.25) is 6.10 Å². The number of benzene rings is 2. The topological polar surface area (TPSA) is 50.7 Å². The lowest BCUT2D eigenvalue weighted by molar-refractivity contribution is -0.131. The highest BCUT2D eigenvalue weighted by Gasteiger charge is 2.28. The Morgan fingerprint density at radius 1 is 1.10 bits per heavy atom. The fourth-order valence-corrected chi connectivity index (χ4v) is 2.22. The average Bonchev–Trinajstić information content (AvgIpc) is 3.04. The third-order valence-corrected chi connectivity index (χ3v) is 3.38. The van der Waals surface area contributed by atoms with Crippen molar-refractivity contribution < 1.29 is 9.63 Å². The summed E-state index contributed by atoms with van der Waals surface area (Å²) in [6, 6.07) is 19.6. The summed E-state index contributed by atoms with van der Waals surface area (Å²) in [5.41, 5.74) is 2.87. The summed E-state index contributed by atoms with van der Waals surface area (Å²) in [7, 11) is 0. The van der Waals surface area contributed by atoms with Crippen molar-refractivity contribution in [2.24, 2.45) is 5.16 Å². The number of rotatable bonds is 4. The summed E-state index contributed by atoms with van der Waals surface area (Å²) in [5.74, 6) is -0.131. The highest BCUT2D eigenvalue weighted by molar-refractivity contribution is 6.04. The summed E-state index contributed by atoms with van der Waals surface area (Å²) in [6.07, 6.45) is -0.0334. The van der Waals surface area contributed by atoms with Crippen LogP contribution in [0.1, 0.15) is 17.5 Å². The Kier molecular flexibility index (Phi) is 3.96. The molecule has 2 aromatic carbocycles. The third-order valence-electron chi connectivity index (χ3n) is 3.38. The van der Waals surface area contributed by atoms with Crippen LogP contribution in [0.15, 0.2) is 65.8 Å². The summed E-state index contributed by atoms with van der Waals surface area (Å²) >= 11 is 0. The molecule has 1 aliphatic rings. The molecule has 1 atom stereocenters. The van der Waals surface area contributed by atoms with Gasteiger partial charge in [-0.05, 0) is 11.1 Å². The van der Waals surface area contributed by atoms with Crippen LogP contribution in [-0.2, 0) is 16.2 Å². The molecule has 0 aliphatic carbocycles. The minimum absolute atomic E-state index is 0.131. The Balaban J connectivity index is 1.54. The molecule has 1 amide bonds. The summed E-state index contributed by atoms with van der Waals surface area (Å²) in [6.45, 7) is 0.500. The zero-order valence-electron chi connectivity index (χ0n) is 11.5. The first-order valence-corrected chi connectivity index (χ1v) is 6.92. The minimum atomic E-state index is -0.538. The lowest BCUT2D eigenvalue weighted by Gasteiger charge is -2.09. The van der Waals surface area contributed by atoms with Gasteiger partial charge in [-0.2, -0.15) is 0 Å². The lowest BCUT2D eigenvalue weighted by Crippen LogP contribution is -2.34. The van der Waals surface area contributed by atoms with Crippen LogP contribution in [0.3, 0.4) is 0 Å². The molecule has 0 saturated heterocycles. The van der Waals surface area contributed by atoms with E-state index in [2.05, 4.69) is 10.5 Å². The van der Waals surface area contributed by atoms with Crippen molar-refractivity contribution in [2.75, 3.05) is 0 Å². The summed E-state index contributed by atoms with van der Waals surface area (Å²) in [5, 5.41) is 6.89. The zero-order valence-corrected chi connectivity index (χ0v) is 11.5. The van der Waals surface area contributed by atoms with E-state index in [0.717, 1.165) is 16.8 Å². The molecule has 1 N–H and O–H groups in total. The van der Waals surface area contributed by atoms with Crippen LogP contribution in [0.2, 0.25) is 0 Å². The van der Waals surface area contributed by atoms with E-state index in [4.69, 9.17) is 4.84 Å². The van der Waals surface area contributed by atoms with Gasteiger partial charge in [0, 0.05) is 13.0 Å². The Hall–Kier alpha value is -2.62. The molecule has 0 fully saturated rings. The molecule has 106 valence electrons.